The van der Waals surface area contributed by atoms with Crippen molar-refractivity contribution in [3.63, 3.8) is 0 Å². The van der Waals surface area contributed by atoms with E-state index < -0.39 is 0 Å². The highest BCUT2D eigenvalue weighted by molar-refractivity contribution is 6.30. The van der Waals surface area contributed by atoms with Crippen molar-refractivity contribution in [3.8, 4) is 0 Å². The van der Waals surface area contributed by atoms with Crippen LogP contribution in [0.2, 0.25) is 5.02 Å². The number of nitrogens with two attached hydrogens (primary N) is 1. The smallest absolute Gasteiger partial charge is 0.269 e. The number of rotatable bonds is 5. The summed E-state index contributed by atoms with van der Waals surface area (Å²) in [5, 5.41) is 4.81. The predicted molar refractivity (Wildman–Crippen MR) is 87.0 cm³/mol. The number of nitrogens with zero attached hydrogens (tertiary/aromatic N) is 3. The number of hydrogen-bond acceptors (Lipinski definition) is 4. The van der Waals surface area contributed by atoms with Gasteiger partial charge in [-0.15, -0.1) is 0 Å². The van der Waals surface area contributed by atoms with Crippen LogP contribution in [0.3, 0.4) is 0 Å². The van der Waals surface area contributed by atoms with Crippen molar-refractivity contribution in [2.24, 2.45) is 0 Å². The number of hydrogen-bond donors (Lipinski definition) is 1. The van der Waals surface area contributed by atoms with Crippen LogP contribution in [-0.4, -0.2) is 22.9 Å². The Morgan fingerprint density at radius 3 is 2.62 bits per heavy atom. The van der Waals surface area contributed by atoms with Gasteiger partial charge in [0.2, 0.25) is 0 Å². The predicted octanol–water partition coefficient (Wildman–Crippen LogP) is 2.37. The SMILES string of the molecule is CCN(CC)c1cnn(Cc2cc(Cl)ccc2N)c(=O)c1. The summed E-state index contributed by atoms with van der Waals surface area (Å²) in [5.41, 5.74) is 7.96. The first kappa shape index (κ1) is 15.4. The Balaban J connectivity index is 2.30. The molecule has 21 heavy (non-hydrogen) atoms. The molecular weight excluding hydrogens is 288 g/mol. The normalized spacial score (nSPS) is 10.6. The summed E-state index contributed by atoms with van der Waals surface area (Å²) >= 11 is 5.96. The van der Waals surface area contributed by atoms with Gasteiger partial charge in [-0.05, 0) is 37.6 Å². The fourth-order valence-corrected chi connectivity index (χ4v) is 2.37. The lowest BCUT2D eigenvalue weighted by Crippen LogP contribution is -2.28. The largest absolute Gasteiger partial charge is 0.398 e. The molecule has 0 unspecified atom stereocenters. The maximum Gasteiger partial charge on any atom is 0.269 e. The Morgan fingerprint density at radius 2 is 2.00 bits per heavy atom. The molecule has 112 valence electrons. The third-order valence-electron chi connectivity index (χ3n) is 3.41. The van der Waals surface area contributed by atoms with E-state index in [2.05, 4.69) is 10.00 Å². The average Bonchev–Trinajstić information content (AvgIpc) is 2.47. The van der Waals surface area contributed by atoms with Gasteiger partial charge in [-0.1, -0.05) is 11.6 Å². The second kappa shape index (κ2) is 6.63. The van der Waals surface area contributed by atoms with Crippen molar-refractivity contribution in [3.05, 3.63) is 51.4 Å². The zero-order valence-corrected chi connectivity index (χ0v) is 13.0. The Labute approximate surface area is 128 Å². The second-order valence-corrected chi connectivity index (χ2v) is 5.16. The summed E-state index contributed by atoms with van der Waals surface area (Å²) in [6.45, 7) is 6.07. The maximum atomic E-state index is 12.2. The van der Waals surface area contributed by atoms with Gasteiger partial charge in [0.15, 0.2) is 0 Å². The molecule has 0 aliphatic rings. The van der Waals surface area contributed by atoms with Crippen LogP contribution < -0.4 is 16.2 Å². The summed E-state index contributed by atoms with van der Waals surface area (Å²) < 4.78 is 1.38. The van der Waals surface area contributed by atoms with E-state index in [-0.39, 0.29) is 5.56 Å². The highest BCUT2D eigenvalue weighted by Crippen LogP contribution is 2.18. The molecule has 1 aromatic heterocycles. The zero-order chi connectivity index (χ0) is 15.4. The number of halogens is 1. The van der Waals surface area contributed by atoms with Crippen LogP contribution in [0, 0.1) is 0 Å². The topological polar surface area (TPSA) is 64.2 Å². The third kappa shape index (κ3) is 3.55. The Morgan fingerprint density at radius 1 is 1.29 bits per heavy atom. The van der Waals surface area contributed by atoms with Crippen molar-refractivity contribution in [1.29, 1.82) is 0 Å². The van der Waals surface area contributed by atoms with E-state index in [0.717, 1.165) is 24.3 Å². The molecule has 0 spiro atoms. The molecule has 0 saturated heterocycles. The molecule has 0 amide bonds. The molecule has 0 saturated carbocycles. The van der Waals surface area contributed by atoms with E-state index in [0.29, 0.717) is 17.3 Å². The molecule has 0 bridgehead atoms. The summed E-state index contributed by atoms with van der Waals surface area (Å²) in [4.78, 5) is 14.3. The zero-order valence-electron chi connectivity index (χ0n) is 12.2. The molecule has 1 heterocycles. The Bertz CT molecular complexity index is 680. The minimum Gasteiger partial charge on any atom is -0.398 e. The first-order chi connectivity index (χ1) is 10.0. The van der Waals surface area contributed by atoms with Gasteiger partial charge in [0.25, 0.3) is 5.56 Å². The van der Waals surface area contributed by atoms with Crippen molar-refractivity contribution >= 4 is 23.0 Å². The van der Waals surface area contributed by atoms with Crippen LogP contribution in [0.4, 0.5) is 11.4 Å². The monoisotopic (exact) mass is 306 g/mol. The summed E-state index contributed by atoms with van der Waals surface area (Å²) in [5.74, 6) is 0. The Kier molecular flexibility index (Phi) is 4.85. The van der Waals surface area contributed by atoms with Crippen molar-refractivity contribution in [2.45, 2.75) is 20.4 Å². The van der Waals surface area contributed by atoms with Gasteiger partial charge in [-0.25, -0.2) is 4.68 Å². The molecule has 5 nitrogen and oxygen atoms in total. The third-order valence-corrected chi connectivity index (χ3v) is 3.64. The number of anilines is 2. The number of benzene rings is 1. The summed E-state index contributed by atoms with van der Waals surface area (Å²) in [7, 11) is 0. The average molecular weight is 307 g/mol. The van der Waals surface area contributed by atoms with Gasteiger partial charge >= 0.3 is 0 Å². The molecule has 0 aliphatic heterocycles. The molecule has 0 aliphatic carbocycles. The van der Waals surface area contributed by atoms with Crippen molar-refractivity contribution in [2.75, 3.05) is 23.7 Å². The van der Waals surface area contributed by atoms with Crippen molar-refractivity contribution in [1.82, 2.24) is 9.78 Å². The van der Waals surface area contributed by atoms with Crippen LogP contribution in [0.15, 0.2) is 35.3 Å². The molecule has 2 aromatic rings. The fourth-order valence-electron chi connectivity index (χ4n) is 2.18. The maximum absolute atomic E-state index is 12.2. The van der Waals surface area contributed by atoms with Crippen LogP contribution in [0.5, 0.6) is 0 Å². The van der Waals surface area contributed by atoms with E-state index in [1.54, 1.807) is 30.5 Å². The molecular formula is C15H19ClN4O. The van der Waals surface area contributed by atoms with Gasteiger partial charge < -0.3 is 10.6 Å². The fraction of sp³-hybridized carbons (Fsp3) is 0.333. The lowest BCUT2D eigenvalue weighted by molar-refractivity contribution is 0.637. The van der Waals surface area contributed by atoms with Crippen LogP contribution in [-0.2, 0) is 6.54 Å². The summed E-state index contributed by atoms with van der Waals surface area (Å²) in [6, 6.07) is 6.80. The van der Waals surface area contributed by atoms with Crippen LogP contribution in [0.25, 0.3) is 0 Å². The molecule has 0 atom stereocenters. The van der Waals surface area contributed by atoms with Crippen molar-refractivity contribution < 1.29 is 0 Å². The van der Waals surface area contributed by atoms with Gasteiger partial charge in [0.1, 0.15) is 0 Å². The minimum atomic E-state index is -0.154. The van der Waals surface area contributed by atoms with Crippen LogP contribution in [0.1, 0.15) is 19.4 Å². The lowest BCUT2D eigenvalue weighted by Gasteiger charge is -2.20. The second-order valence-electron chi connectivity index (χ2n) is 4.73. The first-order valence-electron chi connectivity index (χ1n) is 6.91. The number of aromatic nitrogens is 2. The quantitative estimate of drug-likeness (QED) is 0.861. The van der Waals surface area contributed by atoms with Gasteiger partial charge in [0, 0.05) is 29.9 Å². The van der Waals surface area contributed by atoms with E-state index in [4.69, 9.17) is 17.3 Å². The Hall–Kier alpha value is -2.01. The van der Waals surface area contributed by atoms with Crippen LogP contribution >= 0.6 is 11.6 Å². The van der Waals surface area contributed by atoms with E-state index in [1.165, 1.54) is 4.68 Å². The minimum absolute atomic E-state index is 0.154. The van der Waals surface area contributed by atoms with Gasteiger partial charge in [-0.2, -0.15) is 5.10 Å². The van der Waals surface area contributed by atoms with Gasteiger partial charge in [-0.3, -0.25) is 4.79 Å². The standard InChI is InChI=1S/C15H19ClN4O/c1-3-19(4-2)13-8-15(21)20(18-9-13)10-11-7-12(16)5-6-14(11)17/h5-9H,3-4,10,17H2,1-2H3. The molecule has 0 radical (unpaired) electrons. The number of nitrogen functional groups attached to an aromatic ring is 1. The lowest BCUT2D eigenvalue weighted by atomic mass is 10.2. The summed E-state index contributed by atoms with van der Waals surface area (Å²) in [6.07, 6.45) is 1.70. The van der Waals surface area contributed by atoms with E-state index >= 15 is 0 Å². The molecule has 2 rings (SSSR count). The molecule has 6 heteroatoms. The molecule has 0 fully saturated rings. The van der Waals surface area contributed by atoms with E-state index in [1.807, 2.05) is 13.8 Å². The first-order valence-corrected chi connectivity index (χ1v) is 7.29. The van der Waals surface area contributed by atoms with Gasteiger partial charge in [0.05, 0.1) is 18.4 Å². The highest BCUT2D eigenvalue weighted by Gasteiger charge is 2.07. The van der Waals surface area contributed by atoms with E-state index in [9.17, 15) is 4.79 Å². The highest BCUT2D eigenvalue weighted by atomic mass is 35.5. The molecule has 2 N–H and O–H groups in total. The molecule has 1 aromatic carbocycles.